The SMILES string of the molecule is CC(C)B1BN(C)N1. The Hall–Kier alpha value is 0.0499. The van der Waals surface area contributed by atoms with Gasteiger partial charge in [-0.2, -0.15) is 0 Å². The van der Waals surface area contributed by atoms with Crippen molar-refractivity contribution >= 4 is 14.0 Å². The van der Waals surface area contributed by atoms with Crippen molar-refractivity contribution in [3.8, 4) is 0 Å². The molecule has 8 heavy (non-hydrogen) atoms. The minimum absolute atomic E-state index is 0.736. The van der Waals surface area contributed by atoms with Crippen molar-refractivity contribution in [2.45, 2.75) is 19.7 Å². The molecule has 1 saturated heterocycles. The first kappa shape index (κ1) is 6.17. The molecule has 1 aliphatic heterocycles. The molecular formula is C4H12B2N2. The molecule has 0 aromatic rings. The van der Waals surface area contributed by atoms with Gasteiger partial charge in [0.1, 0.15) is 0 Å². The zero-order valence-electron chi connectivity index (χ0n) is 5.81. The Bertz CT molecular complexity index is 80.1. The summed E-state index contributed by atoms with van der Waals surface area (Å²) in [5.74, 6) is 0.784. The lowest BCUT2D eigenvalue weighted by Gasteiger charge is -2.36. The first-order valence-corrected chi connectivity index (χ1v) is 3.17. The van der Waals surface area contributed by atoms with Crippen LogP contribution < -0.4 is 5.34 Å². The van der Waals surface area contributed by atoms with Gasteiger partial charge in [0.25, 0.3) is 0 Å². The van der Waals surface area contributed by atoms with Gasteiger partial charge >= 0.3 is 0 Å². The van der Waals surface area contributed by atoms with Gasteiger partial charge in [0, 0.05) is 0 Å². The third kappa shape index (κ3) is 1.06. The maximum Gasteiger partial charge on any atom is 0.222 e. The van der Waals surface area contributed by atoms with E-state index in [9.17, 15) is 0 Å². The summed E-state index contributed by atoms with van der Waals surface area (Å²) in [4.78, 5) is 2.12. The predicted molar refractivity (Wildman–Crippen MR) is 38.9 cm³/mol. The summed E-state index contributed by atoms with van der Waals surface area (Å²) in [6, 6.07) is 0. The molecule has 0 amide bonds. The molecule has 1 rings (SSSR count). The van der Waals surface area contributed by atoms with Crippen molar-refractivity contribution in [3.05, 3.63) is 0 Å². The normalized spacial score (nSPS) is 20.8. The van der Waals surface area contributed by atoms with E-state index in [1.165, 1.54) is 7.31 Å². The molecule has 0 unspecified atom stereocenters. The first-order chi connectivity index (χ1) is 3.70. The zero-order valence-corrected chi connectivity index (χ0v) is 5.81. The Morgan fingerprint density at radius 2 is 2.12 bits per heavy atom. The van der Waals surface area contributed by atoms with E-state index in [2.05, 4.69) is 31.2 Å². The Labute approximate surface area is 51.9 Å². The van der Waals surface area contributed by atoms with Gasteiger partial charge in [-0.05, 0) is 7.05 Å². The van der Waals surface area contributed by atoms with E-state index in [4.69, 9.17) is 0 Å². The number of rotatable bonds is 1. The smallest absolute Gasteiger partial charge is 0.222 e. The Balaban J connectivity index is 2.15. The van der Waals surface area contributed by atoms with Crippen LogP contribution in [-0.4, -0.2) is 26.0 Å². The van der Waals surface area contributed by atoms with Crippen LogP contribution in [0.5, 0.6) is 0 Å². The fourth-order valence-electron chi connectivity index (χ4n) is 0.919. The van der Waals surface area contributed by atoms with E-state index in [-0.39, 0.29) is 0 Å². The summed E-state index contributed by atoms with van der Waals surface area (Å²) in [6.45, 7) is 5.22. The Morgan fingerprint density at radius 3 is 2.25 bits per heavy atom. The fourth-order valence-corrected chi connectivity index (χ4v) is 0.919. The maximum atomic E-state index is 3.28. The number of nitrogens with zero attached hydrogens (tertiary/aromatic N) is 1. The summed E-state index contributed by atoms with van der Waals surface area (Å²) < 4.78 is 0. The van der Waals surface area contributed by atoms with Gasteiger partial charge in [-0.15, -0.1) is 0 Å². The molecule has 0 saturated carbocycles. The van der Waals surface area contributed by atoms with Gasteiger partial charge in [0.2, 0.25) is 14.0 Å². The molecule has 2 nitrogen and oxygen atoms in total. The molecule has 0 aromatic heterocycles. The molecule has 1 N–H and O–H groups in total. The fraction of sp³-hybridized carbons (Fsp3) is 1.00. The largest absolute Gasteiger partial charge is 0.312 e. The Morgan fingerprint density at radius 1 is 1.62 bits per heavy atom. The monoisotopic (exact) mass is 110 g/mol. The highest BCUT2D eigenvalue weighted by Gasteiger charge is 2.31. The van der Waals surface area contributed by atoms with E-state index in [0.717, 1.165) is 12.6 Å². The van der Waals surface area contributed by atoms with E-state index < -0.39 is 0 Å². The van der Waals surface area contributed by atoms with Crippen LogP contribution in [0.2, 0.25) is 5.82 Å². The summed E-state index contributed by atoms with van der Waals surface area (Å²) in [5.41, 5.74) is 0. The van der Waals surface area contributed by atoms with E-state index >= 15 is 0 Å². The highest BCUT2D eigenvalue weighted by molar-refractivity contribution is 7.14. The molecule has 0 aromatic carbocycles. The van der Waals surface area contributed by atoms with Crippen molar-refractivity contribution < 1.29 is 0 Å². The average Bonchev–Trinajstić information content (AvgIpc) is 1.57. The number of hydrogen-bond acceptors (Lipinski definition) is 2. The minimum atomic E-state index is 0.736. The van der Waals surface area contributed by atoms with Gasteiger partial charge in [0.15, 0.2) is 0 Å². The lowest BCUT2D eigenvalue weighted by atomic mass is 9.26. The van der Waals surface area contributed by atoms with Crippen molar-refractivity contribution in [2.75, 3.05) is 7.05 Å². The van der Waals surface area contributed by atoms with Crippen LogP contribution in [0.3, 0.4) is 0 Å². The van der Waals surface area contributed by atoms with Crippen LogP contribution in [0.1, 0.15) is 13.8 Å². The topological polar surface area (TPSA) is 15.3 Å². The van der Waals surface area contributed by atoms with Crippen molar-refractivity contribution in [3.63, 3.8) is 0 Å². The highest BCUT2D eigenvalue weighted by atomic mass is 15.5. The van der Waals surface area contributed by atoms with Gasteiger partial charge in [0.05, 0.1) is 0 Å². The third-order valence-electron chi connectivity index (χ3n) is 1.66. The average molecular weight is 110 g/mol. The van der Waals surface area contributed by atoms with Crippen LogP contribution in [0.15, 0.2) is 0 Å². The molecule has 0 bridgehead atoms. The van der Waals surface area contributed by atoms with Crippen LogP contribution in [0.4, 0.5) is 0 Å². The van der Waals surface area contributed by atoms with Crippen molar-refractivity contribution in [1.29, 1.82) is 0 Å². The van der Waals surface area contributed by atoms with E-state index in [0.29, 0.717) is 0 Å². The molecule has 1 aliphatic rings. The van der Waals surface area contributed by atoms with Gasteiger partial charge in [-0.1, -0.05) is 19.7 Å². The number of hydrogen-bond donors (Lipinski definition) is 1. The van der Waals surface area contributed by atoms with Crippen LogP contribution in [0.25, 0.3) is 0 Å². The summed E-state index contributed by atoms with van der Waals surface area (Å²) in [5, 5.41) is 3.28. The standard InChI is InChI=1S/C4H12B2N2/c1-4(2)6-5-8(3)7-6/h4-5,7H,1-3H3. The molecule has 0 spiro atoms. The summed E-state index contributed by atoms with van der Waals surface area (Å²) in [7, 11) is 3.27. The summed E-state index contributed by atoms with van der Waals surface area (Å²) >= 11 is 0. The van der Waals surface area contributed by atoms with Crippen molar-refractivity contribution in [1.82, 2.24) is 10.3 Å². The second-order valence-corrected chi connectivity index (χ2v) is 2.86. The van der Waals surface area contributed by atoms with E-state index in [1.807, 2.05) is 0 Å². The highest BCUT2D eigenvalue weighted by Crippen LogP contribution is 2.08. The van der Waals surface area contributed by atoms with Crippen LogP contribution in [0, 0.1) is 0 Å². The van der Waals surface area contributed by atoms with Gasteiger partial charge in [-0.3, -0.25) is 0 Å². The molecule has 0 radical (unpaired) electrons. The molecule has 0 aliphatic carbocycles. The van der Waals surface area contributed by atoms with Gasteiger partial charge in [-0.25, -0.2) is 0 Å². The van der Waals surface area contributed by atoms with E-state index in [1.54, 1.807) is 0 Å². The maximum absolute atomic E-state index is 3.28. The minimum Gasteiger partial charge on any atom is -0.312 e. The zero-order chi connectivity index (χ0) is 6.15. The second-order valence-electron chi connectivity index (χ2n) is 2.86. The van der Waals surface area contributed by atoms with Crippen molar-refractivity contribution in [2.24, 2.45) is 0 Å². The predicted octanol–water partition coefficient (Wildman–Crippen LogP) is -0.314. The summed E-state index contributed by atoms with van der Waals surface area (Å²) in [6.07, 6.45) is 0. The van der Waals surface area contributed by atoms with Crippen LogP contribution >= 0.6 is 0 Å². The molecule has 1 fully saturated rings. The molecular weight excluding hydrogens is 97.7 g/mol. The number of nitrogens with one attached hydrogen (secondary N) is 1. The molecule has 4 heteroatoms. The van der Waals surface area contributed by atoms with Crippen LogP contribution in [-0.2, 0) is 0 Å². The Kier molecular flexibility index (Phi) is 1.63. The quantitative estimate of drug-likeness (QED) is 0.465. The first-order valence-electron chi connectivity index (χ1n) is 3.17. The molecule has 44 valence electrons. The lowest BCUT2D eigenvalue weighted by Crippen LogP contribution is -2.67. The third-order valence-corrected chi connectivity index (χ3v) is 1.66. The van der Waals surface area contributed by atoms with Gasteiger partial charge < -0.3 is 10.3 Å². The molecule has 0 atom stereocenters. The molecule has 1 heterocycles. The second kappa shape index (κ2) is 2.11. The lowest BCUT2D eigenvalue weighted by molar-refractivity contribution is 0.466. The number of hydrazine groups is 1.